The molecule has 2 aromatic carbocycles. The van der Waals surface area contributed by atoms with Crippen LogP contribution >= 0.6 is 0 Å². The maximum absolute atomic E-state index is 12.7. The molecule has 0 spiro atoms. The molecule has 182 valence electrons. The zero-order valence-electron chi connectivity index (χ0n) is 20.8. The second-order valence-corrected chi connectivity index (χ2v) is 11.1. The van der Waals surface area contributed by atoms with E-state index in [2.05, 4.69) is 35.1 Å². The molecule has 35 heavy (non-hydrogen) atoms. The minimum atomic E-state index is -1.31. The van der Waals surface area contributed by atoms with Gasteiger partial charge in [-0.2, -0.15) is 0 Å². The third kappa shape index (κ3) is 2.95. The molecule has 2 aromatic rings. The monoisotopic (exact) mass is 468 g/mol. The van der Waals surface area contributed by atoms with Gasteiger partial charge >= 0.3 is 0 Å². The first-order valence-electron chi connectivity index (χ1n) is 13.7. The molecule has 0 saturated heterocycles. The zero-order valence-corrected chi connectivity index (χ0v) is 20.8. The number of benzene rings is 2. The second-order valence-electron chi connectivity index (χ2n) is 11.1. The Hall–Kier alpha value is -2.72. The van der Waals surface area contributed by atoms with Crippen LogP contribution in [-0.4, -0.2) is 31.3 Å². The van der Waals surface area contributed by atoms with Crippen LogP contribution in [0.3, 0.4) is 0 Å². The van der Waals surface area contributed by atoms with Crippen molar-refractivity contribution in [3.05, 3.63) is 70.3 Å². The van der Waals surface area contributed by atoms with Gasteiger partial charge in [-0.3, -0.25) is 0 Å². The molecule has 5 aliphatic rings. The molecule has 0 aromatic heterocycles. The van der Waals surface area contributed by atoms with Crippen molar-refractivity contribution in [1.29, 1.82) is 0 Å². The maximum Gasteiger partial charge on any atom is 0.147 e. The number of rotatable bonds is 2. The van der Waals surface area contributed by atoms with E-state index in [0.29, 0.717) is 5.57 Å². The highest BCUT2D eigenvalue weighted by atomic mass is 16.5. The Bertz CT molecular complexity index is 1180. The van der Waals surface area contributed by atoms with E-state index in [0.717, 1.165) is 87.3 Å². The van der Waals surface area contributed by atoms with Crippen LogP contribution in [0.2, 0.25) is 0 Å². The van der Waals surface area contributed by atoms with Gasteiger partial charge in [0.25, 0.3) is 0 Å². The maximum atomic E-state index is 12.7. The van der Waals surface area contributed by atoms with Crippen LogP contribution in [0.15, 0.2) is 36.9 Å². The van der Waals surface area contributed by atoms with Crippen molar-refractivity contribution < 1.29 is 9.84 Å². The molecule has 0 aliphatic carbocycles. The molecule has 0 fully saturated rings. The molecule has 4 heteroatoms. The molecule has 0 bridgehead atoms. The normalized spacial score (nSPS) is 21.4. The Labute approximate surface area is 208 Å². The summed E-state index contributed by atoms with van der Waals surface area (Å²) in [6.45, 7) is 12.9. The summed E-state index contributed by atoms with van der Waals surface area (Å²) in [7, 11) is 0. The fraction of sp³-hybridized carbons (Fsp3) is 0.484. The summed E-state index contributed by atoms with van der Waals surface area (Å²) >= 11 is 0. The van der Waals surface area contributed by atoms with Crippen molar-refractivity contribution >= 4 is 11.4 Å². The number of hydrogen-bond donors (Lipinski definition) is 1. The van der Waals surface area contributed by atoms with Gasteiger partial charge < -0.3 is 19.6 Å². The molecule has 7 rings (SSSR count). The van der Waals surface area contributed by atoms with E-state index < -0.39 is 5.60 Å². The van der Waals surface area contributed by atoms with Gasteiger partial charge in [-0.1, -0.05) is 19.2 Å². The number of fused-ring (bicyclic) bond motifs is 4. The third-order valence-corrected chi connectivity index (χ3v) is 9.14. The average molecular weight is 469 g/mol. The van der Waals surface area contributed by atoms with Crippen molar-refractivity contribution in [2.45, 2.75) is 69.8 Å². The van der Waals surface area contributed by atoms with E-state index in [1.165, 1.54) is 59.3 Å². The molecular formula is C31H36N2O2. The number of aliphatic hydroxyl groups is 1. The molecule has 5 aliphatic heterocycles. The van der Waals surface area contributed by atoms with E-state index >= 15 is 0 Å². The minimum Gasteiger partial charge on any atom is -0.456 e. The van der Waals surface area contributed by atoms with Gasteiger partial charge in [-0.15, -0.1) is 0 Å². The van der Waals surface area contributed by atoms with Gasteiger partial charge in [-0.25, -0.2) is 0 Å². The van der Waals surface area contributed by atoms with E-state index in [1.54, 1.807) is 6.08 Å². The number of hydrogen-bond acceptors (Lipinski definition) is 4. The average Bonchev–Trinajstić information content (AvgIpc) is 3.23. The van der Waals surface area contributed by atoms with E-state index in [9.17, 15) is 5.11 Å². The number of aryl methyl sites for hydroxylation is 2. The number of nitrogens with zero attached hydrogens (tertiary/aromatic N) is 2. The smallest absolute Gasteiger partial charge is 0.147 e. The molecule has 5 heterocycles. The SMILES string of the molecule is C=CC(=C)C1(O)c2cc3c4c(c2Oc2c1cc1c5c2CCCN5CCCC1)CCCN4CCCC3. The van der Waals surface area contributed by atoms with Gasteiger partial charge in [0.15, 0.2) is 0 Å². The van der Waals surface area contributed by atoms with E-state index in [1.807, 2.05) is 0 Å². The van der Waals surface area contributed by atoms with Crippen LogP contribution in [0, 0.1) is 0 Å². The first-order chi connectivity index (χ1) is 17.1. The molecular weight excluding hydrogens is 432 g/mol. The summed E-state index contributed by atoms with van der Waals surface area (Å²) in [5.41, 5.74) is 9.15. The van der Waals surface area contributed by atoms with Gasteiger partial charge in [-0.05, 0) is 93.0 Å². The number of anilines is 2. The fourth-order valence-electron chi connectivity index (χ4n) is 7.49. The van der Waals surface area contributed by atoms with Gasteiger partial charge in [0.1, 0.15) is 17.1 Å². The Kier molecular flexibility index (Phi) is 4.86. The Morgan fingerprint density at radius 3 is 1.74 bits per heavy atom. The summed E-state index contributed by atoms with van der Waals surface area (Å²) in [6, 6.07) is 4.50. The van der Waals surface area contributed by atoms with Crippen LogP contribution < -0.4 is 14.5 Å². The van der Waals surface area contributed by atoms with Crippen LogP contribution in [-0.2, 0) is 31.3 Å². The second kappa shape index (κ2) is 7.89. The molecule has 4 nitrogen and oxygen atoms in total. The van der Waals surface area contributed by atoms with Crippen molar-refractivity contribution in [3.8, 4) is 11.5 Å². The molecule has 0 radical (unpaired) electrons. The lowest BCUT2D eigenvalue weighted by atomic mass is 9.73. The summed E-state index contributed by atoms with van der Waals surface area (Å²) in [5.74, 6) is 1.77. The van der Waals surface area contributed by atoms with Crippen LogP contribution in [0.25, 0.3) is 0 Å². The van der Waals surface area contributed by atoms with E-state index in [-0.39, 0.29) is 0 Å². The predicted octanol–water partition coefficient (Wildman–Crippen LogP) is 5.95. The highest BCUT2D eigenvalue weighted by molar-refractivity contribution is 5.78. The van der Waals surface area contributed by atoms with Crippen molar-refractivity contribution in [2.24, 2.45) is 0 Å². The highest BCUT2D eigenvalue weighted by Crippen LogP contribution is 2.58. The third-order valence-electron chi connectivity index (χ3n) is 9.14. The van der Waals surface area contributed by atoms with Crippen molar-refractivity contribution in [3.63, 3.8) is 0 Å². The number of ether oxygens (including phenoxy) is 1. The first-order valence-corrected chi connectivity index (χ1v) is 13.7. The molecule has 0 unspecified atom stereocenters. The quantitative estimate of drug-likeness (QED) is 0.553. The molecule has 0 atom stereocenters. The largest absolute Gasteiger partial charge is 0.456 e. The van der Waals surface area contributed by atoms with Crippen LogP contribution in [0.4, 0.5) is 11.4 Å². The first kappa shape index (κ1) is 21.6. The summed E-state index contributed by atoms with van der Waals surface area (Å²) in [6.07, 6.45) is 12.9. The van der Waals surface area contributed by atoms with E-state index in [4.69, 9.17) is 4.74 Å². The highest BCUT2D eigenvalue weighted by Gasteiger charge is 2.47. The predicted molar refractivity (Wildman–Crippen MR) is 142 cm³/mol. The van der Waals surface area contributed by atoms with Crippen molar-refractivity contribution in [1.82, 2.24) is 0 Å². The van der Waals surface area contributed by atoms with Gasteiger partial charge in [0.05, 0.1) is 0 Å². The van der Waals surface area contributed by atoms with Crippen LogP contribution in [0.5, 0.6) is 11.5 Å². The molecule has 1 N–H and O–H groups in total. The Morgan fingerprint density at radius 1 is 0.771 bits per heavy atom. The Balaban J connectivity index is 1.53. The lowest BCUT2D eigenvalue weighted by molar-refractivity contribution is 0.111. The lowest BCUT2D eigenvalue weighted by Crippen LogP contribution is -2.37. The standard InChI is InChI=1S/C31H36N2O2/c1-3-20(2)31(34)25-18-21-10-4-6-14-32-16-8-12-23(27(21)32)29(25)35-30-24-13-9-17-33-15-7-5-11-22(28(24)33)19-26(30)31/h3,18-19,34H,1-2,4-17H2. The molecule has 0 amide bonds. The summed E-state index contributed by atoms with van der Waals surface area (Å²) < 4.78 is 7.00. The van der Waals surface area contributed by atoms with Gasteiger partial charge in [0, 0.05) is 59.8 Å². The fourth-order valence-corrected chi connectivity index (χ4v) is 7.49. The summed E-state index contributed by atoms with van der Waals surface area (Å²) in [5, 5.41) is 12.7. The molecule has 0 saturated carbocycles. The summed E-state index contributed by atoms with van der Waals surface area (Å²) in [4.78, 5) is 5.15. The van der Waals surface area contributed by atoms with Gasteiger partial charge in [0.2, 0.25) is 0 Å². The topological polar surface area (TPSA) is 35.9 Å². The zero-order chi connectivity index (χ0) is 23.7. The minimum absolute atomic E-state index is 0.644. The lowest BCUT2D eigenvalue weighted by Gasteiger charge is -2.43. The van der Waals surface area contributed by atoms with Crippen molar-refractivity contribution in [2.75, 3.05) is 36.0 Å². The van der Waals surface area contributed by atoms with Crippen LogP contribution in [0.1, 0.15) is 71.9 Å². The Morgan fingerprint density at radius 2 is 1.26 bits per heavy atom.